The minimum atomic E-state index is 0.285. The first-order valence-electron chi connectivity index (χ1n) is 4.82. The van der Waals surface area contributed by atoms with E-state index in [0.717, 1.165) is 0 Å². The predicted molar refractivity (Wildman–Crippen MR) is 63.4 cm³/mol. The third kappa shape index (κ3) is 2.45. The third-order valence-electron chi connectivity index (χ3n) is 2.18. The first-order valence-corrected chi connectivity index (χ1v) is 5.20. The minimum Gasteiger partial charge on any atom is -0.497 e. The molecule has 1 aromatic heterocycles. The van der Waals surface area contributed by atoms with Crippen LogP contribution in [-0.2, 0) is 0 Å². The van der Waals surface area contributed by atoms with Crippen LogP contribution in [0.2, 0.25) is 5.15 Å². The summed E-state index contributed by atoms with van der Waals surface area (Å²) >= 11 is 5.77. The van der Waals surface area contributed by atoms with Gasteiger partial charge in [0.2, 0.25) is 0 Å². The number of rotatable bonds is 3. The quantitative estimate of drug-likeness (QED) is 0.837. The molecule has 5 nitrogen and oxygen atoms in total. The largest absolute Gasteiger partial charge is 0.497 e. The number of ether oxygens (including phenoxy) is 2. The van der Waals surface area contributed by atoms with Crippen LogP contribution >= 0.6 is 11.6 Å². The molecule has 2 aromatic rings. The maximum atomic E-state index is 5.77. The van der Waals surface area contributed by atoms with Gasteiger partial charge in [-0.1, -0.05) is 11.6 Å². The van der Waals surface area contributed by atoms with Crippen LogP contribution in [0.1, 0.15) is 0 Å². The van der Waals surface area contributed by atoms with Crippen molar-refractivity contribution in [2.24, 2.45) is 0 Å². The second-order valence-corrected chi connectivity index (χ2v) is 3.56. The number of nitrogens with zero attached hydrogens (tertiary/aromatic N) is 3. The average Bonchev–Trinajstić information content (AvgIpc) is 2.38. The zero-order chi connectivity index (χ0) is 12.3. The van der Waals surface area contributed by atoms with E-state index in [9.17, 15) is 0 Å². The molecule has 6 heteroatoms. The molecule has 88 valence electrons. The molecule has 0 atom stereocenters. The van der Waals surface area contributed by atoms with Gasteiger partial charge in [-0.25, -0.2) is 4.98 Å². The summed E-state index contributed by atoms with van der Waals surface area (Å²) in [5.74, 6) is 1.71. The molecule has 0 aliphatic heterocycles. The van der Waals surface area contributed by atoms with Crippen molar-refractivity contribution in [3.63, 3.8) is 0 Å². The van der Waals surface area contributed by atoms with E-state index in [1.165, 1.54) is 6.20 Å². The lowest BCUT2D eigenvalue weighted by Crippen LogP contribution is -1.96. The van der Waals surface area contributed by atoms with Crippen molar-refractivity contribution in [1.29, 1.82) is 0 Å². The number of methoxy groups -OCH3 is 2. The Labute approximate surface area is 103 Å². The molecular formula is C11H10ClN3O2. The molecule has 0 amide bonds. The van der Waals surface area contributed by atoms with E-state index in [4.69, 9.17) is 21.1 Å². The lowest BCUT2D eigenvalue weighted by Gasteiger charge is -2.08. The number of halogens is 1. The zero-order valence-corrected chi connectivity index (χ0v) is 10.1. The standard InChI is InChI=1S/C11H10ClN3O2/c1-16-7-3-4-8(9(5-7)17-2)11-14-10(12)6-13-15-11/h3-6H,1-2H3. The number of hydrogen-bond donors (Lipinski definition) is 0. The SMILES string of the molecule is COc1ccc(-c2nncc(Cl)n2)c(OC)c1. The van der Waals surface area contributed by atoms with Gasteiger partial charge in [-0.05, 0) is 12.1 Å². The van der Waals surface area contributed by atoms with Crippen molar-refractivity contribution in [2.45, 2.75) is 0 Å². The molecule has 0 radical (unpaired) electrons. The molecule has 0 fully saturated rings. The van der Waals surface area contributed by atoms with Crippen LogP contribution in [0.25, 0.3) is 11.4 Å². The van der Waals surface area contributed by atoms with E-state index in [1.807, 2.05) is 0 Å². The van der Waals surface area contributed by atoms with Crippen LogP contribution in [0.15, 0.2) is 24.4 Å². The number of benzene rings is 1. The van der Waals surface area contributed by atoms with E-state index in [2.05, 4.69) is 15.2 Å². The van der Waals surface area contributed by atoms with Crippen LogP contribution < -0.4 is 9.47 Å². The Kier molecular flexibility index (Phi) is 3.39. The molecular weight excluding hydrogens is 242 g/mol. The Morgan fingerprint density at radius 3 is 2.65 bits per heavy atom. The highest BCUT2D eigenvalue weighted by molar-refractivity contribution is 6.29. The molecule has 0 aliphatic carbocycles. The molecule has 1 heterocycles. The Morgan fingerprint density at radius 2 is 2.00 bits per heavy atom. The monoisotopic (exact) mass is 251 g/mol. The van der Waals surface area contributed by atoms with Crippen LogP contribution in [0, 0.1) is 0 Å². The second kappa shape index (κ2) is 4.97. The predicted octanol–water partition coefficient (Wildman–Crippen LogP) is 2.21. The van der Waals surface area contributed by atoms with Crippen molar-refractivity contribution < 1.29 is 9.47 Å². The summed E-state index contributed by atoms with van der Waals surface area (Å²) in [6.45, 7) is 0. The molecule has 0 bridgehead atoms. The van der Waals surface area contributed by atoms with Crippen LogP contribution in [-0.4, -0.2) is 29.4 Å². The van der Waals surface area contributed by atoms with E-state index in [-0.39, 0.29) is 5.15 Å². The Balaban J connectivity index is 2.51. The molecule has 0 aliphatic rings. The van der Waals surface area contributed by atoms with E-state index in [1.54, 1.807) is 32.4 Å². The van der Waals surface area contributed by atoms with E-state index >= 15 is 0 Å². The van der Waals surface area contributed by atoms with Gasteiger partial charge in [0, 0.05) is 6.07 Å². The van der Waals surface area contributed by atoms with Gasteiger partial charge < -0.3 is 9.47 Å². The summed E-state index contributed by atoms with van der Waals surface area (Å²) in [4.78, 5) is 4.08. The first kappa shape index (κ1) is 11.6. The first-order chi connectivity index (χ1) is 8.24. The van der Waals surface area contributed by atoms with Crippen LogP contribution in [0.3, 0.4) is 0 Å². The summed E-state index contributed by atoms with van der Waals surface area (Å²) in [6, 6.07) is 5.34. The molecule has 0 saturated carbocycles. The maximum absolute atomic E-state index is 5.77. The van der Waals surface area contributed by atoms with Gasteiger partial charge >= 0.3 is 0 Å². The summed E-state index contributed by atoms with van der Waals surface area (Å²) < 4.78 is 10.4. The van der Waals surface area contributed by atoms with Crippen molar-refractivity contribution in [3.05, 3.63) is 29.5 Å². The smallest absolute Gasteiger partial charge is 0.186 e. The average molecular weight is 252 g/mol. The van der Waals surface area contributed by atoms with E-state index < -0.39 is 0 Å². The van der Waals surface area contributed by atoms with Gasteiger partial charge in [-0.3, -0.25) is 0 Å². The summed E-state index contributed by atoms with van der Waals surface area (Å²) in [6.07, 6.45) is 1.38. The Hall–Kier alpha value is -1.88. The second-order valence-electron chi connectivity index (χ2n) is 3.17. The fraction of sp³-hybridized carbons (Fsp3) is 0.182. The molecule has 0 unspecified atom stereocenters. The number of aromatic nitrogens is 3. The minimum absolute atomic E-state index is 0.285. The Bertz CT molecular complexity index is 534. The molecule has 0 saturated heterocycles. The zero-order valence-electron chi connectivity index (χ0n) is 9.35. The van der Waals surface area contributed by atoms with Crippen LogP contribution in [0.5, 0.6) is 11.5 Å². The highest BCUT2D eigenvalue weighted by Gasteiger charge is 2.10. The molecule has 0 spiro atoms. The molecule has 0 N–H and O–H groups in total. The topological polar surface area (TPSA) is 57.1 Å². The van der Waals surface area contributed by atoms with Gasteiger partial charge in [0.05, 0.1) is 26.0 Å². The van der Waals surface area contributed by atoms with Crippen LogP contribution in [0.4, 0.5) is 0 Å². The molecule has 1 aromatic carbocycles. The van der Waals surface area contributed by atoms with Crippen molar-refractivity contribution in [2.75, 3.05) is 14.2 Å². The fourth-order valence-electron chi connectivity index (χ4n) is 1.38. The number of hydrogen-bond acceptors (Lipinski definition) is 5. The van der Waals surface area contributed by atoms with Gasteiger partial charge in [-0.2, -0.15) is 5.10 Å². The molecule has 17 heavy (non-hydrogen) atoms. The molecule has 2 rings (SSSR count). The highest BCUT2D eigenvalue weighted by Crippen LogP contribution is 2.31. The Morgan fingerprint density at radius 1 is 1.18 bits per heavy atom. The van der Waals surface area contributed by atoms with Gasteiger partial charge in [0.1, 0.15) is 11.5 Å². The fourth-order valence-corrected chi connectivity index (χ4v) is 1.50. The van der Waals surface area contributed by atoms with Gasteiger partial charge in [-0.15, -0.1) is 5.10 Å². The summed E-state index contributed by atoms with van der Waals surface area (Å²) in [5, 5.41) is 7.94. The van der Waals surface area contributed by atoms with Crippen molar-refractivity contribution in [3.8, 4) is 22.9 Å². The lowest BCUT2D eigenvalue weighted by molar-refractivity contribution is 0.395. The highest BCUT2D eigenvalue weighted by atomic mass is 35.5. The van der Waals surface area contributed by atoms with Gasteiger partial charge in [0.25, 0.3) is 0 Å². The maximum Gasteiger partial charge on any atom is 0.186 e. The van der Waals surface area contributed by atoms with Gasteiger partial charge in [0.15, 0.2) is 11.0 Å². The van der Waals surface area contributed by atoms with Crippen molar-refractivity contribution >= 4 is 11.6 Å². The summed E-state index contributed by atoms with van der Waals surface area (Å²) in [7, 11) is 3.15. The lowest BCUT2D eigenvalue weighted by atomic mass is 10.2. The summed E-state index contributed by atoms with van der Waals surface area (Å²) in [5.41, 5.74) is 0.711. The normalized spacial score (nSPS) is 10.1. The third-order valence-corrected chi connectivity index (χ3v) is 2.36. The van der Waals surface area contributed by atoms with E-state index in [0.29, 0.717) is 22.9 Å². The van der Waals surface area contributed by atoms with Crippen molar-refractivity contribution in [1.82, 2.24) is 15.2 Å².